The summed E-state index contributed by atoms with van der Waals surface area (Å²) in [5.41, 5.74) is -0.946. The topological polar surface area (TPSA) is 66.5 Å². The first-order valence-corrected chi connectivity index (χ1v) is 10.6. The van der Waals surface area contributed by atoms with Crippen molar-refractivity contribution in [2.24, 2.45) is 0 Å². The number of halogens is 3. The Hall–Kier alpha value is -1.45. The van der Waals surface area contributed by atoms with E-state index >= 15 is 0 Å². The minimum Gasteiger partial charge on any atom is -0.305 e. The van der Waals surface area contributed by atoms with E-state index in [0.29, 0.717) is 38.8 Å². The predicted molar refractivity (Wildman–Crippen MR) is 94.1 cm³/mol. The lowest BCUT2D eigenvalue weighted by molar-refractivity contribution is -0.137. The third kappa shape index (κ3) is 4.52. The Kier molecular flexibility index (Phi) is 5.93. The summed E-state index contributed by atoms with van der Waals surface area (Å²) in [5.74, 6) is 0. The Labute approximate surface area is 156 Å². The molecule has 27 heavy (non-hydrogen) atoms. The Morgan fingerprint density at radius 3 is 2.48 bits per heavy atom. The fourth-order valence-electron chi connectivity index (χ4n) is 3.99. The van der Waals surface area contributed by atoms with E-state index in [1.54, 1.807) is 0 Å². The van der Waals surface area contributed by atoms with Crippen molar-refractivity contribution in [3.05, 3.63) is 29.8 Å². The lowest BCUT2D eigenvalue weighted by atomic mass is 9.93. The van der Waals surface area contributed by atoms with Gasteiger partial charge in [-0.25, -0.2) is 8.42 Å². The molecule has 1 unspecified atom stereocenters. The second-order valence-corrected chi connectivity index (χ2v) is 9.42. The van der Waals surface area contributed by atoms with Gasteiger partial charge in [0.1, 0.15) is 6.29 Å². The second kappa shape index (κ2) is 7.89. The van der Waals surface area contributed by atoms with Crippen molar-refractivity contribution in [1.82, 2.24) is 10.2 Å². The van der Waals surface area contributed by atoms with Crippen LogP contribution in [0.3, 0.4) is 0 Å². The van der Waals surface area contributed by atoms with Gasteiger partial charge in [0, 0.05) is 25.7 Å². The van der Waals surface area contributed by atoms with Crippen molar-refractivity contribution in [2.45, 2.75) is 54.1 Å². The highest BCUT2D eigenvalue weighted by Crippen LogP contribution is 2.34. The molecule has 1 saturated heterocycles. The van der Waals surface area contributed by atoms with Crippen LogP contribution in [0.2, 0.25) is 0 Å². The molecule has 1 aromatic carbocycles. The fourth-order valence-corrected chi connectivity index (χ4v) is 5.82. The van der Waals surface area contributed by atoms with Crippen LogP contribution in [0, 0.1) is 0 Å². The number of nitrogens with one attached hydrogen (secondary N) is 1. The molecule has 3 rings (SSSR count). The first-order chi connectivity index (χ1) is 12.7. The van der Waals surface area contributed by atoms with Gasteiger partial charge in [0.15, 0.2) is 9.84 Å². The van der Waals surface area contributed by atoms with Crippen molar-refractivity contribution < 1.29 is 26.4 Å². The van der Waals surface area contributed by atoms with E-state index in [1.165, 1.54) is 6.07 Å². The fraction of sp³-hybridized carbons (Fsp3) is 0.611. The molecule has 1 atom stereocenters. The number of carbonyl (C=O) groups excluding carboxylic acids is 1. The molecule has 0 radical (unpaired) electrons. The van der Waals surface area contributed by atoms with E-state index in [1.807, 2.05) is 0 Å². The van der Waals surface area contributed by atoms with Gasteiger partial charge in [-0.1, -0.05) is 6.07 Å². The van der Waals surface area contributed by atoms with Crippen LogP contribution in [0.15, 0.2) is 29.2 Å². The highest BCUT2D eigenvalue weighted by atomic mass is 32.2. The molecular weight excluding hydrogens is 381 g/mol. The lowest BCUT2D eigenvalue weighted by Crippen LogP contribution is -2.55. The summed E-state index contributed by atoms with van der Waals surface area (Å²) in [7, 11) is -3.80. The number of rotatable bonds is 4. The third-order valence-electron chi connectivity index (χ3n) is 5.49. The molecule has 1 N–H and O–H groups in total. The molecule has 5 nitrogen and oxygen atoms in total. The first-order valence-electron chi connectivity index (χ1n) is 9.05. The lowest BCUT2D eigenvalue weighted by Gasteiger charge is -2.40. The van der Waals surface area contributed by atoms with Crippen LogP contribution in [0.5, 0.6) is 0 Å². The standard InChI is InChI=1S/C18H23F3N2O3S/c19-18(20,21)13-2-1-3-17(10-13)27(25,26)16-6-4-15(5-7-16)23-9-8-22-14(11-23)12-24/h1-3,10,12,14-16,22H,4-9,11H2. The molecule has 1 aromatic rings. The quantitative estimate of drug-likeness (QED) is 0.780. The number of alkyl halides is 3. The number of aldehydes is 1. The predicted octanol–water partition coefficient (Wildman–Crippen LogP) is 2.26. The monoisotopic (exact) mass is 404 g/mol. The number of sulfone groups is 1. The van der Waals surface area contributed by atoms with Crippen molar-refractivity contribution in [3.63, 3.8) is 0 Å². The molecule has 9 heteroatoms. The molecule has 0 aromatic heterocycles. The zero-order valence-electron chi connectivity index (χ0n) is 14.8. The Morgan fingerprint density at radius 1 is 1.15 bits per heavy atom. The smallest absolute Gasteiger partial charge is 0.305 e. The van der Waals surface area contributed by atoms with E-state index in [4.69, 9.17) is 0 Å². The van der Waals surface area contributed by atoms with Crippen molar-refractivity contribution in [3.8, 4) is 0 Å². The van der Waals surface area contributed by atoms with Gasteiger partial charge in [-0.3, -0.25) is 4.90 Å². The van der Waals surface area contributed by atoms with Crippen LogP contribution in [0.1, 0.15) is 31.2 Å². The summed E-state index contributed by atoms with van der Waals surface area (Å²) in [4.78, 5) is 12.9. The minimum atomic E-state index is -4.57. The molecular formula is C18H23F3N2O3S. The van der Waals surface area contributed by atoms with Crippen LogP contribution < -0.4 is 5.32 Å². The van der Waals surface area contributed by atoms with Crippen molar-refractivity contribution in [1.29, 1.82) is 0 Å². The van der Waals surface area contributed by atoms with E-state index < -0.39 is 26.8 Å². The zero-order valence-corrected chi connectivity index (χ0v) is 15.6. The van der Waals surface area contributed by atoms with Gasteiger partial charge in [-0.05, 0) is 43.9 Å². The summed E-state index contributed by atoms with van der Waals surface area (Å²) in [6.45, 7) is 2.13. The summed E-state index contributed by atoms with van der Waals surface area (Å²) >= 11 is 0. The molecule has 1 aliphatic heterocycles. The van der Waals surface area contributed by atoms with E-state index in [0.717, 1.165) is 31.0 Å². The van der Waals surface area contributed by atoms with Crippen LogP contribution in [0.25, 0.3) is 0 Å². The first kappa shape index (κ1) is 20.3. The van der Waals surface area contributed by atoms with Gasteiger partial charge in [0.2, 0.25) is 0 Å². The zero-order chi connectivity index (χ0) is 19.7. The summed E-state index contributed by atoms with van der Waals surface area (Å²) in [5, 5.41) is 2.45. The van der Waals surface area contributed by atoms with E-state index in [-0.39, 0.29) is 17.0 Å². The van der Waals surface area contributed by atoms with Gasteiger partial charge in [-0.2, -0.15) is 13.2 Å². The molecule has 2 fully saturated rings. The average molecular weight is 404 g/mol. The summed E-state index contributed by atoms with van der Waals surface area (Å²) in [6, 6.07) is 3.99. The molecule has 1 heterocycles. The van der Waals surface area contributed by atoms with Crippen molar-refractivity contribution >= 4 is 16.1 Å². The maximum absolute atomic E-state index is 12.9. The van der Waals surface area contributed by atoms with E-state index in [2.05, 4.69) is 10.2 Å². The van der Waals surface area contributed by atoms with E-state index in [9.17, 15) is 26.4 Å². The molecule has 1 aliphatic carbocycles. The summed E-state index contributed by atoms with van der Waals surface area (Å²) < 4.78 is 64.3. The molecule has 1 saturated carbocycles. The second-order valence-electron chi connectivity index (χ2n) is 7.19. The van der Waals surface area contributed by atoms with Crippen molar-refractivity contribution in [2.75, 3.05) is 19.6 Å². The highest BCUT2D eigenvalue weighted by Gasteiger charge is 2.37. The Bertz CT molecular complexity index is 774. The van der Waals surface area contributed by atoms with Crippen LogP contribution in [-0.2, 0) is 20.8 Å². The van der Waals surface area contributed by atoms with Gasteiger partial charge in [-0.15, -0.1) is 0 Å². The number of piperazine rings is 1. The SMILES string of the molecule is O=CC1CN(C2CCC(S(=O)(=O)c3cccc(C(F)(F)F)c3)CC2)CCN1. The highest BCUT2D eigenvalue weighted by molar-refractivity contribution is 7.92. The van der Waals surface area contributed by atoms with Gasteiger partial charge >= 0.3 is 6.18 Å². The Morgan fingerprint density at radius 2 is 1.85 bits per heavy atom. The maximum Gasteiger partial charge on any atom is 0.416 e. The van der Waals surface area contributed by atoms with Crippen LogP contribution in [-0.4, -0.2) is 56.6 Å². The normalized spacial score (nSPS) is 28.0. The molecule has 0 amide bonds. The van der Waals surface area contributed by atoms with Gasteiger partial charge in [0.05, 0.1) is 21.8 Å². The van der Waals surface area contributed by atoms with Crippen LogP contribution >= 0.6 is 0 Å². The molecule has 0 bridgehead atoms. The van der Waals surface area contributed by atoms with Gasteiger partial charge < -0.3 is 10.1 Å². The largest absolute Gasteiger partial charge is 0.416 e. The average Bonchev–Trinajstić information content (AvgIpc) is 2.67. The molecule has 2 aliphatic rings. The number of hydrogen-bond acceptors (Lipinski definition) is 5. The number of carbonyl (C=O) groups is 1. The van der Waals surface area contributed by atoms with Crippen LogP contribution in [0.4, 0.5) is 13.2 Å². The maximum atomic E-state index is 12.9. The number of hydrogen-bond donors (Lipinski definition) is 1. The molecule has 0 spiro atoms. The Balaban J connectivity index is 1.67. The third-order valence-corrected chi connectivity index (χ3v) is 7.75. The molecule has 150 valence electrons. The summed E-state index contributed by atoms with van der Waals surface area (Å²) in [6.07, 6.45) is -1.53. The number of benzene rings is 1. The van der Waals surface area contributed by atoms with Gasteiger partial charge in [0.25, 0.3) is 0 Å². The number of nitrogens with zero attached hydrogens (tertiary/aromatic N) is 1. The minimum absolute atomic E-state index is 0.203.